The fourth-order valence-electron chi connectivity index (χ4n) is 3.46. The molecule has 7 nitrogen and oxygen atoms in total. The summed E-state index contributed by atoms with van der Waals surface area (Å²) >= 11 is 0. The summed E-state index contributed by atoms with van der Waals surface area (Å²) < 4.78 is 1.97. The number of aliphatic hydroxyl groups excluding tert-OH is 1. The molecule has 1 amide bonds. The lowest BCUT2D eigenvalue weighted by Gasteiger charge is -2.19. The Hall–Kier alpha value is -2.93. The maximum absolute atomic E-state index is 13.0. The van der Waals surface area contributed by atoms with Crippen LogP contribution in [-0.2, 0) is 13.1 Å². The molecule has 3 rings (SSSR count). The van der Waals surface area contributed by atoms with Gasteiger partial charge in [0.2, 0.25) is 0 Å². The number of benzene rings is 1. The molecule has 29 heavy (non-hydrogen) atoms. The van der Waals surface area contributed by atoms with Crippen molar-refractivity contribution in [2.45, 2.75) is 26.9 Å². The molecule has 154 valence electrons. The van der Waals surface area contributed by atoms with Gasteiger partial charge in [0, 0.05) is 33.7 Å². The largest absolute Gasteiger partial charge is 0.395 e. The lowest BCUT2D eigenvalue weighted by Crippen LogP contribution is -2.31. The minimum atomic E-state index is -0.130. The molecule has 2 heterocycles. The number of amides is 1. The van der Waals surface area contributed by atoms with Crippen LogP contribution in [0.25, 0.3) is 11.0 Å². The number of likely N-dealkylation sites (N-methyl/N-ethyl adjacent to an activating group) is 1. The summed E-state index contributed by atoms with van der Waals surface area (Å²) in [6.07, 6.45) is 1.56. The van der Waals surface area contributed by atoms with E-state index in [2.05, 4.69) is 40.8 Å². The summed E-state index contributed by atoms with van der Waals surface area (Å²) in [6, 6.07) is 12.1. The van der Waals surface area contributed by atoms with Crippen LogP contribution in [0.4, 0.5) is 5.82 Å². The van der Waals surface area contributed by atoms with Gasteiger partial charge in [0.05, 0.1) is 12.0 Å². The molecule has 0 aliphatic heterocycles. The lowest BCUT2D eigenvalue weighted by atomic mass is 10.2. The first-order chi connectivity index (χ1) is 13.9. The average molecular weight is 396 g/mol. The SMILES string of the molecule is CC(C)Cn1c(C(=O)N(C)CCO)cc2c(N(C)Cc3ccccc3)ncnc21. The molecule has 1 aromatic carbocycles. The Bertz CT molecular complexity index is 968. The molecular weight excluding hydrogens is 366 g/mol. The highest BCUT2D eigenvalue weighted by molar-refractivity contribution is 6.00. The number of hydrogen-bond acceptors (Lipinski definition) is 5. The molecule has 1 N–H and O–H groups in total. The molecule has 2 aromatic heterocycles. The zero-order valence-electron chi connectivity index (χ0n) is 17.5. The second kappa shape index (κ2) is 9.05. The first-order valence-electron chi connectivity index (χ1n) is 9.88. The summed E-state index contributed by atoms with van der Waals surface area (Å²) in [7, 11) is 3.69. The monoisotopic (exact) mass is 395 g/mol. The van der Waals surface area contributed by atoms with E-state index in [1.165, 1.54) is 10.5 Å². The number of carbonyl (C=O) groups excluding carboxylic acids is 1. The Morgan fingerprint density at radius 1 is 1.17 bits per heavy atom. The summed E-state index contributed by atoms with van der Waals surface area (Å²) in [5, 5.41) is 10.1. The van der Waals surface area contributed by atoms with Crippen LogP contribution in [0.15, 0.2) is 42.7 Å². The van der Waals surface area contributed by atoms with Gasteiger partial charge >= 0.3 is 0 Å². The van der Waals surface area contributed by atoms with Crippen LogP contribution >= 0.6 is 0 Å². The van der Waals surface area contributed by atoms with E-state index in [-0.39, 0.29) is 19.1 Å². The number of aliphatic hydroxyl groups is 1. The standard InChI is InChI=1S/C22H29N5O2/c1-16(2)13-27-19(22(29)25(3)10-11-28)12-18-20(23-15-24-21(18)27)26(4)14-17-8-6-5-7-9-17/h5-9,12,15-16,28H,10-11,13-14H2,1-4H3. The van der Waals surface area contributed by atoms with Crippen LogP contribution in [-0.4, -0.2) is 57.7 Å². The number of rotatable bonds is 8. The van der Waals surface area contributed by atoms with Gasteiger partial charge in [-0.3, -0.25) is 4.79 Å². The Morgan fingerprint density at radius 2 is 1.90 bits per heavy atom. The van der Waals surface area contributed by atoms with E-state index in [4.69, 9.17) is 0 Å². The molecule has 0 atom stereocenters. The van der Waals surface area contributed by atoms with Crippen LogP contribution in [0.2, 0.25) is 0 Å². The van der Waals surface area contributed by atoms with Gasteiger partial charge in [0.15, 0.2) is 0 Å². The number of hydrogen-bond donors (Lipinski definition) is 1. The summed E-state index contributed by atoms with van der Waals surface area (Å²) in [6.45, 7) is 5.82. The second-order valence-corrected chi connectivity index (χ2v) is 7.76. The molecule has 0 radical (unpaired) electrons. The maximum atomic E-state index is 13.0. The van der Waals surface area contributed by atoms with Crippen molar-refractivity contribution < 1.29 is 9.90 Å². The van der Waals surface area contributed by atoms with Gasteiger partial charge < -0.3 is 19.5 Å². The van der Waals surface area contributed by atoms with Crippen LogP contribution in [0.1, 0.15) is 29.9 Å². The van der Waals surface area contributed by atoms with Gasteiger partial charge in [-0.2, -0.15) is 0 Å². The Morgan fingerprint density at radius 3 is 2.55 bits per heavy atom. The van der Waals surface area contributed by atoms with E-state index in [0.29, 0.717) is 24.7 Å². The third-order valence-corrected chi connectivity index (χ3v) is 4.84. The predicted molar refractivity (Wildman–Crippen MR) is 115 cm³/mol. The van der Waals surface area contributed by atoms with Gasteiger partial charge in [-0.25, -0.2) is 9.97 Å². The fourth-order valence-corrected chi connectivity index (χ4v) is 3.46. The van der Waals surface area contributed by atoms with Crippen molar-refractivity contribution in [1.82, 2.24) is 19.4 Å². The lowest BCUT2D eigenvalue weighted by molar-refractivity contribution is 0.0756. The highest BCUT2D eigenvalue weighted by atomic mass is 16.3. The summed E-state index contributed by atoms with van der Waals surface area (Å²) in [5.41, 5.74) is 2.51. The third-order valence-electron chi connectivity index (χ3n) is 4.84. The molecule has 0 saturated carbocycles. The van der Waals surface area contributed by atoms with Crippen LogP contribution in [0, 0.1) is 5.92 Å². The zero-order valence-corrected chi connectivity index (χ0v) is 17.5. The first-order valence-corrected chi connectivity index (χ1v) is 9.88. The topological polar surface area (TPSA) is 74.5 Å². The van der Waals surface area contributed by atoms with E-state index in [9.17, 15) is 9.90 Å². The Kier molecular flexibility index (Phi) is 6.49. The summed E-state index contributed by atoms with van der Waals surface area (Å²) in [5.74, 6) is 1.01. The molecular formula is C22H29N5O2. The number of carbonyl (C=O) groups is 1. The quantitative estimate of drug-likeness (QED) is 0.635. The van der Waals surface area contributed by atoms with Gasteiger partial charge in [0.25, 0.3) is 5.91 Å². The van der Waals surface area contributed by atoms with Crippen molar-refractivity contribution in [2.75, 3.05) is 32.1 Å². The van der Waals surface area contributed by atoms with Crippen molar-refractivity contribution in [3.8, 4) is 0 Å². The molecule has 3 aromatic rings. The van der Waals surface area contributed by atoms with E-state index in [1.807, 2.05) is 35.9 Å². The molecule has 0 unspecified atom stereocenters. The molecule has 0 saturated heterocycles. The van der Waals surface area contributed by atoms with E-state index >= 15 is 0 Å². The smallest absolute Gasteiger partial charge is 0.270 e. The van der Waals surface area contributed by atoms with Crippen molar-refractivity contribution in [2.24, 2.45) is 5.92 Å². The number of fused-ring (bicyclic) bond motifs is 1. The predicted octanol–water partition coefficient (Wildman–Crippen LogP) is 2.79. The molecule has 0 spiro atoms. The third kappa shape index (κ3) is 4.56. The van der Waals surface area contributed by atoms with Crippen molar-refractivity contribution in [3.63, 3.8) is 0 Å². The van der Waals surface area contributed by atoms with E-state index in [1.54, 1.807) is 13.4 Å². The van der Waals surface area contributed by atoms with Gasteiger partial charge in [0.1, 0.15) is 23.5 Å². The van der Waals surface area contributed by atoms with Crippen LogP contribution in [0.3, 0.4) is 0 Å². The number of anilines is 1. The molecule has 0 bridgehead atoms. The Balaban J connectivity index is 2.05. The molecule has 0 aliphatic rings. The van der Waals surface area contributed by atoms with Crippen molar-refractivity contribution in [3.05, 3.63) is 54.0 Å². The second-order valence-electron chi connectivity index (χ2n) is 7.76. The first kappa shape index (κ1) is 20.8. The minimum Gasteiger partial charge on any atom is -0.395 e. The van der Waals surface area contributed by atoms with Crippen molar-refractivity contribution in [1.29, 1.82) is 0 Å². The van der Waals surface area contributed by atoms with Crippen LogP contribution in [0.5, 0.6) is 0 Å². The number of aromatic nitrogens is 3. The highest BCUT2D eigenvalue weighted by Crippen LogP contribution is 2.28. The average Bonchev–Trinajstić information content (AvgIpc) is 3.06. The van der Waals surface area contributed by atoms with Crippen LogP contribution < -0.4 is 4.90 Å². The highest BCUT2D eigenvalue weighted by Gasteiger charge is 2.23. The molecule has 0 aliphatic carbocycles. The minimum absolute atomic E-state index is 0.0719. The normalized spacial score (nSPS) is 11.2. The molecule has 7 heteroatoms. The van der Waals surface area contributed by atoms with E-state index in [0.717, 1.165) is 16.9 Å². The fraction of sp³-hybridized carbons (Fsp3) is 0.409. The Labute approximate surface area is 171 Å². The van der Waals surface area contributed by atoms with Gasteiger partial charge in [-0.1, -0.05) is 44.2 Å². The number of nitrogens with zero attached hydrogens (tertiary/aromatic N) is 5. The summed E-state index contributed by atoms with van der Waals surface area (Å²) in [4.78, 5) is 25.6. The van der Waals surface area contributed by atoms with Gasteiger partial charge in [-0.15, -0.1) is 0 Å². The van der Waals surface area contributed by atoms with Crippen molar-refractivity contribution >= 4 is 22.8 Å². The maximum Gasteiger partial charge on any atom is 0.270 e. The molecule has 0 fully saturated rings. The van der Waals surface area contributed by atoms with E-state index < -0.39 is 0 Å². The zero-order chi connectivity index (χ0) is 21.0. The van der Waals surface area contributed by atoms with Gasteiger partial charge in [-0.05, 0) is 17.5 Å².